The molecule has 4 atom stereocenters. The van der Waals surface area contributed by atoms with Crippen molar-refractivity contribution in [3.63, 3.8) is 0 Å². The van der Waals surface area contributed by atoms with E-state index < -0.39 is 30.6 Å². The third-order valence-electron chi connectivity index (χ3n) is 4.05. The van der Waals surface area contributed by atoms with Crippen LogP contribution in [0, 0.1) is 17.8 Å². The lowest BCUT2D eigenvalue weighted by Gasteiger charge is -2.34. The van der Waals surface area contributed by atoms with Crippen molar-refractivity contribution in [1.29, 1.82) is 0 Å². The lowest BCUT2D eigenvalue weighted by molar-refractivity contribution is -0.226. The molecule has 5 nitrogen and oxygen atoms in total. The molecule has 1 saturated carbocycles. The Bertz CT molecular complexity index is 628. The molecule has 1 aliphatic heterocycles. The van der Waals surface area contributed by atoms with E-state index in [9.17, 15) is 15.0 Å². The highest BCUT2D eigenvalue weighted by molar-refractivity contribution is 5.92. The second-order valence-corrected chi connectivity index (χ2v) is 6.06. The highest BCUT2D eigenvalue weighted by atomic mass is 16.7. The summed E-state index contributed by atoms with van der Waals surface area (Å²) >= 11 is 0. The summed E-state index contributed by atoms with van der Waals surface area (Å²) in [7, 11) is 0. The number of esters is 1. The van der Waals surface area contributed by atoms with Gasteiger partial charge in [-0.25, -0.2) is 4.79 Å². The van der Waals surface area contributed by atoms with Crippen molar-refractivity contribution in [1.82, 2.24) is 0 Å². The molecule has 2 aliphatic rings. The largest absolute Gasteiger partial charge is 0.432 e. The predicted molar refractivity (Wildman–Crippen MR) is 82.4 cm³/mol. The summed E-state index contributed by atoms with van der Waals surface area (Å²) < 4.78 is 10.7. The minimum absolute atomic E-state index is 0.0488. The van der Waals surface area contributed by atoms with Crippen LogP contribution in [0.3, 0.4) is 0 Å². The SMILES string of the molecule is C[C@H]1OC(OC(=O)c2ccccc2C#CC2CC2)C[C@H](O)[C@@H]1O. The summed E-state index contributed by atoms with van der Waals surface area (Å²) in [4.78, 5) is 12.4. The summed E-state index contributed by atoms with van der Waals surface area (Å²) in [6, 6.07) is 7.03. The highest BCUT2D eigenvalue weighted by Gasteiger charge is 2.36. The van der Waals surface area contributed by atoms with Crippen LogP contribution in [0.1, 0.15) is 42.1 Å². The summed E-state index contributed by atoms with van der Waals surface area (Å²) in [5.74, 6) is 6.07. The van der Waals surface area contributed by atoms with Crippen molar-refractivity contribution in [2.45, 2.75) is 50.8 Å². The molecule has 0 amide bonds. The second kappa shape index (κ2) is 6.71. The monoisotopic (exact) mass is 316 g/mol. The van der Waals surface area contributed by atoms with Crippen LogP contribution in [0.15, 0.2) is 24.3 Å². The molecular weight excluding hydrogens is 296 g/mol. The lowest BCUT2D eigenvalue weighted by atomic mass is 10.0. The Balaban J connectivity index is 1.70. The Kier molecular flexibility index (Phi) is 4.67. The first-order chi connectivity index (χ1) is 11.0. The summed E-state index contributed by atoms with van der Waals surface area (Å²) in [5, 5.41) is 19.4. The number of benzene rings is 1. The van der Waals surface area contributed by atoms with Gasteiger partial charge in [0, 0.05) is 17.9 Å². The zero-order valence-corrected chi connectivity index (χ0v) is 12.9. The maximum absolute atomic E-state index is 12.4. The van der Waals surface area contributed by atoms with Gasteiger partial charge in [0.05, 0.1) is 17.8 Å². The quantitative estimate of drug-likeness (QED) is 0.638. The molecule has 0 spiro atoms. The van der Waals surface area contributed by atoms with Gasteiger partial charge in [0.2, 0.25) is 6.29 Å². The van der Waals surface area contributed by atoms with E-state index in [1.54, 1.807) is 25.1 Å². The third-order valence-corrected chi connectivity index (χ3v) is 4.05. The molecule has 0 aromatic heterocycles. The molecule has 3 rings (SSSR count). The van der Waals surface area contributed by atoms with E-state index in [2.05, 4.69) is 11.8 Å². The van der Waals surface area contributed by atoms with Crippen molar-refractivity contribution in [2.75, 3.05) is 0 Å². The number of aliphatic hydroxyl groups is 2. The van der Waals surface area contributed by atoms with Gasteiger partial charge in [-0.05, 0) is 31.9 Å². The number of hydrogen-bond acceptors (Lipinski definition) is 5. The van der Waals surface area contributed by atoms with E-state index in [4.69, 9.17) is 9.47 Å². The highest BCUT2D eigenvalue weighted by Crippen LogP contribution is 2.28. The first kappa shape index (κ1) is 16.0. The van der Waals surface area contributed by atoms with Crippen molar-refractivity contribution < 1.29 is 24.5 Å². The van der Waals surface area contributed by atoms with Gasteiger partial charge in [-0.15, -0.1) is 0 Å². The van der Waals surface area contributed by atoms with Gasteiger partial charge in [0.1, 0.15) is 6.10 Å². The van der Waals surface area contributed by atoms with Gasteiger partial charge in [-0.2, -0.15) is 0 Å². The molecule has 1 saturated heterocycles. The molecule has 1 aromatic rings. The normalized spacial score (nSPS) is 30.2. The minimum atomic E-state index is -0.971. The van der Waals surface area contributed by atoms with Crippen molar-refractivity contribution in [3.8, 4) is 11.8 Å². The van der Waals surface area contributed by atoms with E-state index in [1.165, 1.54) is 0 Å². The molecule has 1 aromatic carbocycles. The molecule has 2 fully saturated rings. The van der Waals surface area contributed by atoms with Crippen LogP contribution in [0.2, 0.25) is 0 Å². The third kappa shape index (κ3) is 3.91. The molecule has 0 bridgehead atoms. The van der Waals surface area contributed by atoms with Crippen molar-refractivity contribution >= 4 is 5.97 Å². The molecule has 1 unspecified atom stereocenters. The van der Waals surface area contributed by atoms with E-state index in [-0.39, 0.29) is 6.42 Å². The molecule has 5 heteroatoms. The molecule has 1 heterocycles. The fourth-order valence-electron chi connectivity index (χ4n) is 2.46. The summed E-state index contributed by atoms with van der Waals surface area (Å²) in [6.07, 6.45) is -1.13. The number of rotatable bonds is 2. The van der Waals surface area contributed by atoms with Gasteiger partial charge in [-0.3, -0.25) is 0 Å². The van der Waals surface area contributed by atoms with Crippen LogP contribution in [0.25, 0.3) is 0 Å². The zero-order valence-electron chi connectivity index (χ0n) is 12.9. The van der Waals surface area contributed by atoms with Gasteiger partial charge in [0.15, 0.2) is 0 Å². The minimum Gasteiger partial charge on any atom is -0.432 e. The van der Waals surface area contributed by atoms with Crippen LogP contribution in [0.5, 0.6) is 0 Å². The van der Waals surface area contributed by atoms with Gasteiger partial charge in [-0.1, -0.05) is 24.0 Å². The second-order valence-electron chi connectivity index (χ2n) is 6.06. The van der Waals surface area contributed by atoms with Gasteiger partial charge < -0.3 is 19.7 Å². The molecule has 2 N–H and O–H groups in total. The molecular formula is C18H20O5. The van der Waals surface area contributed by atoms with Gasteiger partial charge >= 0.3 is 5.97 Å². The fraction of sp³-hybridized carbons (Fsp3) is 0.500. The van der Waals surface area contributed by atoms with Gasteiger partial charge in [0.25, 0.3) is 0 Å². The Morgan fingerprint density at radius 3 is 2.74 bits per heavy atom. The molecule has 122 valence electrons. The number of carbonyl (C=O) groups excluding carboxylic acids is 1. The number of ether oxygens (including phenoxy) is 2. The zero-order chi connectivity index (χ0) is 16.4. The number of aliphatic hydroxyl groups excluding tert-OH is 2. The van der Waals surface area contributed by atoms with E-state index in [0.29, 0.717) is 17.0 Å². The average Bonchev–Trinajstić information content (AvgIpc) is 3.35. The Morgan fingerprint density at radius 2 is 2.04 bits per heavy atom. The maximum atomic E-state index is 12.4. The Hall–Kier alpha value is -1.87. The maximum Gasteiger partial charge on any atom is 0.341 e. The Morgan fingerprint density at radius 1 is 1.30 bits per heavy atom. The van der Waals surface area contributed by atoms with Crippen LogP contribution in [-0.2, 0) is 9.47 Å². The van der Waals surface area contributed by atoms with Crippen LogP contribution in [-0.4, -0.2) is 40.8 Å². The number of carbonyl (C=O) groups is 1. The fourth-order valence-corrected chi connectivity index (χ4v) is 2.46. The first-order valence-electron chi connectivity index (χ1n) is 7.87. The average molecular weight is 316 g/mol. The molecule has 0 radical (unpaired) electrons. The summed E-state index contributed by atoms with van der Waals surface area (Å²) in [5.41, 5.74) is 1.02. The van der Waals surface area contributed by atoms with Crippen molar-refractivity contribution in [3.05, 3.63) is 35.4 Å². The summed E-state index contributed by atoms with van der Waals surface area (Å²) in [6.45, 7) is 1.63. The van der Waals surface area contributed by atoms with E-state index in [0.717, 1.165) is 12.8 Å². The topological polar surface area (TPSA) is 76.0 Å². The lowest BCUT2D eigenvalue weighted by Crippen LogP contribution is -2.48. The molecule has 23 heavy (non-hydrogen) atoms. The van der Waals surface area contributed by atoms with Crippen LogP contribution in [0.4, 0.5) is 0 Å². The van der Waals surface area contributed by atoms with Crippen molar-refractivity contribution in [2.24, 2.45) is 5.92 Å². The molecule has 1 aliphatic carbocycles. The number of hydrogen-bond donors (Lipinski definition) is 2. The Labute approximate surface area is 135 Å². The first-order valence-corrected chi connectivity index (χ1v) is 7.87. The van der Waals surface area contributed by atoms with Crippen LogP contribution < -0.4 is 0 Å². The smallest absolute Gasteiger partial charge is 0.341 e. The van der Waals surface area contributed by atoms with Crippen LogP contribution >= 0.6 is 0 Å². The van der Waals surface area contributed by atoms with E-state index in [1.807, 2.05) is 6.07 Å². The predicted octanol–water partition coefficient (Wildman–Crippen LogP) is 1.46. The standard InChI is InChI=1S/C18H20O5/c1-11-17(20)15(19)10-16(22-11)23-18(21)14-5-3-2-4-13(14)9-8-12-6-7-12/h2-5,11-12,15-17,19-20H,6-7,10H2,1H3/t11-,15+,16?,17-/m1/s1. The van der Waals surface area contributed by atoms with E-state index >= 15 is 0 Å².